The molecule has 35 heavy (non-hydrogen) atoms. The Labute approximate surface area is 211 Å². The first-order valence-electron chi connectivity index (χ1n) is 13.0. The molecule has 1 aromatic rings. The lowest BCUT2D eigenvalue weighted by atomic mass is 9.96. The summed E-state index contributed by atoms with van der Waals surface area (Å²) in [5.41, 5.74) is 1.09. The molecule has 1 fully saturated rings. The van der Waals surface area contributed by atoms with Crippen LogP contribution in [0.4, 0.5) is 4.79 Å². The Morgan fingerprint density at radius 3 is 2.31 bits per heavy atom. The van der Waals surface area contributed by atoms with E-state index in [4.69, 9.17) is 4.74 Å². The van der Waals surface area contributed by atoms with E-state index in [9.17, 15) is 14.4 Å². The zero-order valence-electron chi connectivity index (χ0n) is 22.8. The van der Waals surface area contributed by atoms with Crippen LogP contribution in [0.3, 0.4) is 0 Å². The molecule has 4 atom stereocenters. The molecule has 1 aromatic carbocycles. The minimum Gasteiger partial charge on any atom is -0.444 e. The number of amides is 3. The van der Waals surface area contributed by atoms with E-state index in [1.54, 1.807) is 25.7 Å². The van der Waals surface area contributed by atoms with Gasteiger partial charge < -0.3 is 20.3 Å². The van der Waals surface area contributed by atoms with Crippen molar-refractivity contribution in [2.75, 3.05) is 6.54 Å². The topological polar surface area (TPSA) is 87.7 Å². The van der Waals surface area contributed by atoms with Gasteiger partial charge in [0.2, 0.25) is 11.8 Å². The monoisotopic (exact) mass is 487 g/mol. The van der Waals surface area contributed by atoms with Crippen LogP contribution in [0.1, 0.15) is 91.3 Å². The Balaban J connectivity index is 2.46. The number of rotatable bonds is 11. The van der Waals surface area contributed by atoms with Crippen molar-refractivity contribution in [2.24, 2.45) is 11.8 Å². The summed E-state index contributed by atoms with van der Waals surface area (Å²) in [5.74, 6) is 0.0290. The molecule has 0 heterocycles. The molecule has 7 heteroatoms. The predicted octanol–water partition coefficient (Wildman–Crippen LogP) is 5.13. The first kappa shape index (κ1) is 28.7. The maximum absolute atomic E-state index is 14.1. The van der Waals surface area contributed by atoms with E-state index in [1.165, 1.54) is 0 Å². The lowest BCUT2D eigenvalue weighted by Gasteiger charge is -2.36. The average Bonchev–Trinajstić information content (AvgIpc) is 3.46. The highest BCUT2D eigenvalue weighted by atomic mass is 16.6. The largest absolute Gasteiger partial charge is 0.444 e. The van der Waals surface area contributed by atoms with Crippen LogP contribution in [0.15, 0.2) is 24.3 Å². The second kappa shape index (κ2) is 12.4. The summed E-state index contributed by atoms with van der Waals surface area (Å²) >= 11 is 0. The molecule has 4 unspecified atom stereocenters. The Morgan fingerprint density at radius 2 is 1.80 bits per heavy atom. The highest BCUT2D eigenvalue weighted by molar-refractivity contribution is 5.92. The Bertz CT molecular complexity index is 877. The van der Waals surface area contributed by atoms with Crippen molar-refractivity contribution in [2.45, 2.75) is 105 Å². The number of carbonyl (C=O) groups excluding carboxylic acids is 3. The van der Waals surface area contributed by atoms with Gasteiger partial charge in [-0.1, -0.05) is 58.4 Å². The third kappa shape index (κ3) is 8.55. The van der Waals surface area contributed by atoms with Crippen LogP contribution < -0.4 is 10.6 Å². The van der Waals surface area contributed by atoms with Crippen molar-refractivity contribution >= 4 is 17.9 Å². The lowest BCUT2D eigenvalue weighted by Crippen LogP contribution is -2.54. The number of hydrogen-bond donors (Lipinski definition) is 2. The van der Waals surface area contributed by atoms with Gasteiger partial charge in [-0.2, -0.15) is 0 Å². The van der Waals surface area contributed by atoms with E-state index in [0.29, 0.717) is 13.0 Å². The molecule has 3 amide bonds. The maximum Gasteiger partial charge on any atom is 0.408 e. The molecule has 0 spiro atoms. The van der Waals surface area contributed by atoms with E-state index < -0.39 is 23.8 Å². The second-order valence-corrected chi connectivity index (χ2v) is 11.3. The summed E-state index contributed by atoms with van der Waals surface area (Å²) in [5, 5.41) is 5.86. The van der Waals surface area contributed by atoms with Gasteiger partial charge in [-0.15, -0.1) is 0 Å². The number of unbranched alkanes of at least 4 members (excludes halogenated alkanes) is 1. The minimum atomic E-state index is -0.785. The summed E-state index contributed by atoms with van der Waals surface area (Å²) in [6.07, 6.45) is 2.50. The van der Waals surface area contributed by atoms with Crippen LogP contribution >= 0.6 is 0 Å². The molecule has 1 saturated carbocycles. The smallest absolute Gasteiger partial charge is 0.408 e. The highest BCUT2D eigenvalue weighted by Gasteiger charge is 2.48. The van der Waals surface area contributed by atoms with Gasteiger partial charge in [-0.3, -0.25) is 9.59 Å². The second-order valence-electron chi connectivity index (χ2n) is 11.3. The number of nitrogens with zero attached hydrogens (tertiary/aromatic N) is 1. The standard InChI is InChI=1S/C28H45N3O4/c1-9-10-15-29-25(32)24(21-14-12-11-13-19(21)4)31(23-17-20(23)5)26(33)22(16-18(2)3)30-27(34)35-28(6,7)8/h11-14,18,20,22-24H,9-10,15-17H2,1-8H3,(H,29,32)(H,30,34). The highest BCUT2D eigenvalue weighted by Crippen LogP contribution is 2.41. The molecular weight excluding hydrogens is 442 g/mol. The number of hydrogen-bond acceptors (Lipinski definition) is 4. The summed E-state index contributed by atoms with van der Waals surface area (Å²) in [6.45, 7) is 16.1. The number of carbonyl (C=O) groups is 3. The lowest BCUT2D eigenvalue weighted by molar-refractivity contribution is -0.143. The van der Waals surface area contributed by atoms with Crippen LogP contribution in [0.25, 0.3) is 0 Å². The van der Waals surface area contributed by atoms with Crippen molar-refractivity contribution in [1.82, 2.24) is 15.5 Å². The van der Waals surface area contributed by atoms with Crippen molar-refractivity contribution in [3.8, 4) is 0 Å². The van der Waals surface area contributed by atoms with Crippen molar-refractivity contribution in [3.05, 3.63) is 35.4 Å². The fourth-order valence-corrected chi connectivity index (χ4v) is 4.29. The Hall–Kier alpha value is -2.57. The van der Waals surface area contributed by atoms with E-state index in [0.717, 1.165) is 30.4 Å². The van der Waals surface area contributed by atoms with Gasteiger partial charge in [0.1, 0.15) is 17.7 Å². The SMILES string of the molecule is CCCCNC(=O)C(c1ccccc1C)N(C(=O)C(CC(C)C)NC(=O)OC(C)(C)C)C1CC1C. The molecule has 1 aliphatic rings. The minimum absolute atomic E-state index is 0.0564. The molecule has 0 aromatic heterocycles. The normalized spacial score (nSPS) is 19.0. The van der Waals surface area contributed by atoms with Gasteiger partial charge >= 0.3 is 6.09 Å². The number of aryl methyl sites for hydroxylation is 1. The molecule has 0 aliphatic heterocycles. The van der Waals surface area contributed by atoms with E-state index in [-0.39, 0.29) is 29.7 Å². The van der Waals surface area contributed by atoms with Gasteiger partial charge in [0.25, 0.3) is 0 Å². The van der Waals surface area contributed by atoms with Gasteiger partial charge in [0.05, 0.1) is 0 Å². The van der Waals surface area contributed by atoms with Gasteiger partial charge in [-0.25, -0.2) is 4.79 Å². The number of benzene rings is 1. The van der Waals surface area contributed by atoms with Gasteiger partial charge in [-0.05, 0) is 69.9 Å². The molecule has 1 aliphatic carbocycles. The summed E-state index contributed by atoms with van der Waals surface area (Å²) in [7, 11) is 0. The molecule has 2 rings (SSSR count). The Kier molecular flexibility index (Phi) is 10.2. The molecule has 196 valence electrons. The third-order valence-electron chi connectivity index (χ3n) is 6.21. The molecule has 0 radical (unpaired) electrons. The van der Waals surface area contributed by atoms with Crippen LogP contribution in [0, 0.1) is 18.8 Å². The predicted molar refractivity (Wildman–Crippen MR) is 139 cm³/mol. The van der Waals surface area contributed by atoms with Crippen LogP contribution in [-0.2, 0) is 14.3 Å². The van der Waals surface area contributed by atoms with E-state index in [1.807, 2.05) is 45.0 Å². The summed E-state index contributed by atoms with van der Waals surface area (Å²) < 4.78 is 5.45. The van der Waals surface area contributed by atoms with E-state index >= 15 is 0 Å². The molecule has 0 saturated heterocycles. The average molecular weight is 488 g/mol. The first-order chi connectivity index (χ1) is 16.4. The zero-order valence-corrected chi connectivity index (χ0v) is 22.8. The quantitative estimate of drug-likeness (QED) is 0.424. The van der Waals surface area contributed by atoms with Crippen molar-refractivity contribution in [3.63, 3.8) is 0 Å². The number of ether oxygens (including phenoxy) is 1. The molecule has 7 nitrogen and oxygen atoms in total. The van der Waals surface area contributed by atoms with Crippen molar-refractivity contribution < 1.29 is 19.1 Å². The Morgan fingerprint density at radius 1 is 1.17 bits per heavy atom. The van der Waals surface area contributed by atoms with Crippen molar-refractivity contribution in [1.29, 1.82) is 0 Å². The summed E-state index contributed by atoms with van der Waals surface area (Å²) in [4.78, 5) is 42.1. The maximum atomic E-state index is 14.1. The van der Waals surface area contributed by atoms with Crippen LogP contribution in [0.5, 0.6) is 0 Å². The van der Waals surface area contributed by atoms with Crippen LogP contribution in [0.2, 0.25) is 0 Å². The third-order valence-corrected chi connectivity index (χ3v) is 6.21. The van der Waals surface area contributed by atoms with Crippen LogP contribution in [-0.4, -0.2) is 47.0 Å². The number of nitrogens with one attached hydrogen (secondary N) is 2. The molecule has 2 N–H and O–H groups in total. The zero-order chi connectivity index (χ0) is 26.3. The molecule has 0 bridgehead atoms. The molecular formula is C28H45N3O4. The summed E-state index contributed by atoms with van der Waals surface area (Å²) in [6, 6.07) is 6.12. The fourth-order valence-electron chi connectivity index (χ4n) is 4.29. The van der Waals surface area contributed by atoms with E-state index in [2.05, 4.69) is 24.5 Å². The van der Waals surface area contributed by atoms with Gasteiger partial charge in [0.15, 0.2) is 0 Å². The van der Waals surface area contributed by atoms with Gasteiger partial charge in [0, 0.05) is 12.6 Å². The fraction of sp³-hybridized carbons (Fsp3) is 0.679. The number of alkyl carbamates (subject to hydrolysis) is 1. The first-order valence-corrected chi connectivity index (χ1v) is 13.0.